The third-order valence-electron chi connectivity index (χ3n) is 1.49. The topological polar surface area (TPSA) is 26.3 Å². The molecule has 0 aromatic heterocycles. The third-order valence-corrected chi connectivity index (χ3v) is 1.49. The van der Waals surface area contributed by atoms with Crippen molar-refractivity contribution in [3.63, 3.8) is 0 Å². The molecule has 0 saturated carbocycles. The fourth-order valence-corrected chi connectivity index (χ4v) is 0.657. The highest BCUT2D eigenvalue weighted by molar-refractivity contribution is 5.82. The van der Waals surface area contributed by atoms with E-state index in [4.69, 9.17) is 0 Å². The minimum absolute atomic E-state index is 0.177. The number of alkyl halides is 7. The summed E-state index contributed by atoms with van der Waals surface area (Å²) in [4.78, 5) is 10.5. The zero-order valence-electron chi connectivity index (χ0n) is 8.32. The normalized spacial score (nSPS) is 14.1. The number of carbonyl (C=O) groups is 1. The van der Waals surface area contributed by atoms with Gasteiger partial charge in [-0.3, -0.25) is 0 Å². The van der Waals surface area contributed by atoms with Crippen molar-refractivity contribution in [3.8, 4) is 0 Å². The molecule has 0 aliphatic rings. The molecule has 0 atom stereocenters. The molecule has 0 aliphatic carbocycles. The van der Waals surface area contributed by atoms with Gasteiger partial charge in [0.05, 0.1) is 6.61 Å². The lowest BCUT2D eigenvalue weighted by Crippen LogP contribution is -2.50. The van der Waals surface area contributed by atoms with Crippen LogP contribution in [0.25, 0.3) is 0 Å². The van der Waals surface area contributed by atoms with Crippen molar-refractivity contribution in [2.45, 2.75) is 24.9 Å². The number of carbonyl (C=O) groups excluding carboxylic acids is 1. The summed E-state index contributed by atoms with van der Waals surface area (Å²) in [6, 6.07) is 0. The Hall–Kier alpha value is -1.28. The fourth-order valence-electron chi connectivity index (χ4n) is 0.657. The van der Waals surface area contributed by atoms with Crippen LogP contribution in [0.3, 0.4) is 0 Å². The first-order valence-electron chi connectivity index (χ1n) is 4.14. The number of rotatable bonds is 4. The Bertz CT molecular complexity index is 305. The van der Waals surface area contributed by atoms with Gasteiger partial charge in [-0.05, 0) is 13.0 Å². The molecule has 0 N–H and O–H groups in total. The zero-order chi connectivity index (χ0) is 13.9. The maximum absolute atomic E-state index is 12.5. The lowest BCUT2D eigenvalue weighted by molar-refractivity contribution is -0.341. The molecule has 0 rings (SSSR count). The maximum Gasteiger partial charge on any atom is 0.460 e. The Morgan fingerprint density at radius 3 is 1.94 bits per heavy atom. The largest absolute Gasteiger partial charge is 0.463 e. The van der Waals surface area contributed by atoms with E-state index in [1.165, 1.54) is 6.92 Å². The monoisotopic (exact) mass is 268 g/mol. The molecule has 0 heterocycles. The molecule has 0 bridgehead atoms. The Labute approximate surface area is 91.0 Å². The molecule has 100 valence electrons. The summed E-state index contributed by atoms with van der Waals surface area (Å²) in [5.74, 6) is -13.2. The van der Waals surface area contributed by atoms with Crippen LogP contribution in [0.5, 0.6) is 0 Å². The second kappa shape index (κ2) is 4.92. The molecule has 0 fully saturated rings. The highest BCUT2D eigenvalue weighted by atomic mass is 19.4. The average molecular weight is 268 g/mol. The Balaban J connectivity index is 4.97. The SMILES string of the molecule is CCOC(=O)C=CC(F)(F)C(F)(F)C(F)(F)F. The van der Waals surface area contributed by atoms with Crippen molar-refractivity contribution in [1.29, 1.82) is 0 Å². The molecule has 0 aromatic rings. The van der Waals surface area contributed by atoms with Gasteiger partial charge in [0.1, 0.15) is 0 Å². The van der Waals surface area contributed by atoms with E-state index in [9.17, 15) is 35.5 Å². The number of halogens is 7. The van der Waals surface area contributed by atoms with Gasteiger partial charge in [0, 0.05) is 6.08 Å². The van der Waals surface area contributed by atoms with Crippen LogP contribution in [0.1, 0.15) is 6.92 Å². The lowest BCUT2D eigenvalue weighted by atomic mass is 10.1. The van der Waals surface area contributed by atoms with Crippen molar-refractivity contribution in [2.24, 2.45) is 0 Å². The molecule has 9 heteroatoms. The first-order chi connectivity index (χ1) is 7.45. The predicted molar refractivity (Wildman–Crippen MR) is 41.7 cm³/mol. The van der Waals surface area contributed by atoms with Crippen LogP contribution in [-0.2, 0) is 9.53 Å². The summed E-state index contributed by atoms with van der Waals surface area (Å²) in [5.41, 5.74) is 0. The first kappa shape index (κ1) is 15.7. The van der Waals surface area contributed by atoms with Gasteiger partial charge in [-0.15, -0.1) is 0 Å². The van der Waals surface area contributed by atoms with Crippen LogP contribution in [0.15, 0.2) is 12.2 Å². The number of hydrogen-bond acceptors (Lipinski definition) is 2. The van der Waals surface area contributed by atoms with Gasteiger partial charge in [-0.25, -0.2) is 4.79 Å². The summed E-state index contributed by atoms with van der Waals surface area (Å²) in [6.45, 7) is 1.07. The van der Waals surface area contributed by atoms with E-state index in [1.54, 1.807) is 0 Å². The molecule has 0 amide bonds. The van der Waals surface area contributed by atoms with Gasteiger partial charge >= 0.3 is 24.0 Å². The molecule has 0 aliphatic heterocycles. The summed E-state index contributed by atoms with van der Waals surface area (Å²) in [5, 5.41) is 0. The summed E-state index contributed by atoms with van der Waals surface area (Å²) >= 11 is 0. The minimum atomic E-state index is -6.42. The Kier molecular flexibility index (Phi) is 4.55. The van der Waals surface area contributed by atoms with E-state index in [2.05, 4.69) is 4.74 Å². The smallest absolute Gasteiger partial charge is 0.460 e. The fraction of sp³-hybridized carbons (Fsp3) is 0.625. The van der Waals surface area contributed by atoms with Crippen molar-refractivity contribution in [1.82, 2.24) is 0 Å². The minimum Gasteiger partial charge on any atom is -0.463 e. The molecule has 2 nitrogen and oxygen atoms in total. The zero-order valence-corrected chi connectivity index (χ0v) is 8.32. The van der Waals surface area contributed by atoms with Gasteiger partial charge in [0.2, 0.25) is 0 Å². The Morgan fingerprint density at radius 2 is 1.59 bits per heavy atom. The third kappa shape index (κ3) is 3.60. The average Bonchev–Trinajstić information content (AvgIpc) is 2.13. The number of ether oxygens (including phenoxy) is 1. The predicted octanol–water partition coefficient (Wildman–Crippen LogP) is 2.94. The number of allylic oxidation sites excluding steroid dienone is 1. The molecule has 0 aromatic carbocycles. The first-order valence-corrected chi connectivity index (χ1v) is 4.14. The van der Waals surface area contributed by atoms with E-state index in [1.807, 2.05) is 0 Å². The maximum atomic E-state index is 12.5. The van der Waals surface area contributed by atoms with Crippen LogP contribution >= 0.6 is 0 Å². The van der Waals surface area contributed by atoms with Crippen LogP contribution in [0.4, 0.5) is 30.7 Å². The second-order valence-electron chi connectivity index (χ2n) is 2.78. The quantitative estimate of drug-likeness (QED) is 0.445. The molecule has 0 saturated heterocycles. The Morgan fingerprint density at radius 1 is 1.12 bits per heavy atom. The van der Waals surface area contributed by atoms with Crippen LogP contribution < -0.4 is 0 Å². The summed E-state index contributed by atoms with van der Waals surface area (Å²) in [6.07, 6.45) is -7.43. The number of hydrogen-bond donors (Lipinski definition) is 0. The van der Waals surface area contributed by atoms with E-state index >= 15 is 0 Å². The second-order valence-corrected chi connectivity index (χ2v) is 2.78. The van der Waals surface area contributed by atoms with Gasteiger partial charge < -0.3 is 4.74 Å². The highest BCUT2D eigenvalue weighted by Crippen LogP contribution is 2.47. The highest BCUT2D eigenvalue weighted by Gasteiger charge is 2.71. The van der Waals surface area contributed by atoms with Gasteiger partial charge in [-0.1, -0.05) is 0 Å². The van der Waals surface area contributed by atoms with Gasteiger partial charge in [0.15, 0.2) is 0 Å². The van der Waals surface area contributed by atoms with Crippen molar-refractivity contribution >= 4 is 5.97 Å². The van der Waals surface area contributed by atoms with Crippen LogP contribution in [-0.4, -0.2) is 30.6 Å². The van der Waals surface area contributed by atoms with Crippen molar-refractivity contribution < 1.29 is 40.3 Å². The molecule has 0 radical (unpaired) electrons. The molecule has 0 unspecified atom stereocenters. The van der Waals surface area contributed by atoms with E-state index in [-0.39, 0.29) is 12.7 Å². The van der Waals surface area contributed by atoms with E-state index in [0.29, 0.717) is 0 Å². The molecule has 17 heavy (non-hydrogen) atoms. The van der Waals surface area contributed by atoms with Gasteiger partial charge in [-0.2, -0.15) is 30.7 Å². The van der Waals surface area contributed by atoms with Crippen molar-refractivity contribution in [3.05, 3.63) is 12.2 Å². The molecular weight excluding hydrogens is 261 g/mol. The van der Waals surface area contributed by atoms with E-state index in [0.717, 1.165) is 0 Å². The summed E-state index contributed by atoms with van der Waals surface area (Å²) < 4.78 is 88.5. The lowest BCUT2D eigenvalue weighted by Gasteiger charge is -2.25. The van der Waals surface area contributed by atoms with Crippen molar-refractivity contribution in [2.75, 3.05) is 6.61 Å². The van der Waals surface area contributed by atoms with Crippen LogP contribution in [0, 0.1) is 0 Å². The summed E-state index contributed by atoms with van der Waals surface area (Å²) in [7, 11) is 0. The van der Waals surface area contributed by atoms with E-state index < -0.39 is 30.1 Å². The van der Waals surface area contributed by atoms with Gasteiger partial charge in [0.25, 0.3) is 0 Å². The molecular formula is C8H7F7O2. The standard InChI is InChI=1S/C8H7F7O2/c1-2-17-5(16)3-4-6(9,10)7(11,12)8(13,14)15/h3-4H,2H2,1H3. The number of esters is 1. The van der Waals surface area contributed by atoms with Crippen LogP contribution in [0.2, 0.25) is 0 Å². The molecule has 0 spiro atoms.